The molecule has 70 valence electrons. The molecule has 1 saturated heterocycles. The van der Waals surface area contributed by atoms with Gasteiger partial charge in [-0.25, -0.2) is 0 Å². The topological polar surface area (TPSA) is 29.5 Å². The van der Waals surface area contributed by atoms with Gasteiger partial charge in [0.1, 0.15) is 5.75 Å². The highest BCUT2D eigenvalue weighted by molar-refractivity contribution is 5.28. The summed E-state index contributed by atoms with van der Waals surface area (Å²) in [5.41, 5.74) is 1.28. The van der Waals surface area contributed by atoms with E-state index < -0.39 is 0 Å². The molecule has 1 aliphatic rings. The summed E-state index contributed by atoms with van der Waals surface area (Å²) in [5.74, 6) is 0.856. The number of benzene rings is 1. The van der Waals surface area contributed by atoms with Crippen molar-refractivity contribution in [3.63, 3.8) is 0 Å². The molecule has 1 aliphatic heterocycles. The maximum atomic E-state index is 9.12. The maximum Gasteiger partial charge on any atom is 0.115 e. The molecule has 1 fully saturated rings. The van der Waals surface area contributed by atoms with Gasteiger partial charge in [0.2, 0.25) is 0 Å². The Labute approximate surface area is 78.2 Å². The monoisotopic (exact) mass is 178 g/mol. The molecule has 2 heteroatoms. The molecule has 0 amide bonds. The summed E-state index contributed by atoms with van der Waals surface area (Å²) >= 11 is 0. The quantitative estimate of drug-likeness (QED) is 0.715. The first-order chi connectivity index (χ1) is 6.36. The molecule has 1 aromatic carbocycles. The Morgan fingerprint density at radius 1 is 1.23 bits per heavy atom. The Hall–Kier alpha value is -1.02. The minimum absolute atomic E-state index is 0.334. The Morgan fingerprint density at radius 2 is 2.00 bits per heavy atom. The van der Waals surface area contributed by atoms with Gasteiger partial charge in [-0.1, -0.05) is 12.1 Å². The van der Waals surface area contributed by atoms with E-state index >= 15 is 0 Å². The maximum absolute atomic E-state index is 9.12. The smallest absolute Gasteiger partial charge is 0.115 e. The van der Waals surface area contributed by atoms with Gasteiger partial charge in [0.15, 0.2) is 0 Å². The number of rotatable bonds is 1. The molecule has 0 saturated carbocycles. The van der Waals surface area contributed by atoms with E-state index in [-0.39, 0.29) is 0 Å². The van der Waals surface area contributed by atoms with E-state index in [1.165, 1.54) is 12.0 Å². The van der Waals surface area contributed by atoms with Gasteiger partial charge in [-0.15, -0.1) is 0 Å². The molecular formula is C11H14O2. The minimum Gasteiger partial charge on any atom is -0.508 e. The lowest BCUT2D eigenvalue weighted by Crippen LogP contribution is -2.15. The highest BCUT2D eigenvalue weighted by Gasteiger charge is 2.15. The average molecular weight is 178 g/mol. The van der Waals surface area contributed by atoms with Crippen LogP contribution in [-0.4, -0.2) is 18.3 Å². The molecule has 0 spiro atoms. The normalized spacial score (nSPS) is 22.9. The van der Waals surface area contributed by atoms with E-state index in [1.54, 1.807) is 12.1 Å². The van der Waals surface area contributed by atoms with E-state index in [9.17, 15) is 0 Å². The highest BCUT2D eigenvalue weighted by atomic mass is 16.5. The molecule has 0 radical (unpaired) electrons. The minimum atomic E-state index is 0.334. The predicted molar refractivity (Wildman–Crippen MR) is 50.9 cm³/mol. The summed E-state index contributed by atoms with van der Waals surface area (Å²) in [5, 5.41) is 9.12. The summed E-state index contributed by atoms with van der Waals surface area (Å²) in [4.78, 5) is 0. The zero-order chi connectivity index (χ0) is 9.10. The fraction of sp³-hybridized carbons (Fsp3) is 0.455. The van der Waals surface area contributed by atoms with Crippen LogP contribution in [-0.2, 0) is 4.74 Å². The lowest BCUT2D eigenvalue weighted by Gasteiger charge is -2.22. The van der Waals surface area contributed by atoms with Crippen molar-refractivity contribution in [2.75, 3.05) is 13.2 Å². The van der Waals surface area contributed by atoms with Crippen LogP contribution in [0.1, 0.15) is 24.3 Å². The Balaban J connectivity index is 2.10. The molecule has 1 aromatic rings. The summed E-state index contributed by atoms with van der Waals surface area (Å²) < 4.78 is 5.40. The van der Waals surface area contributed by atoms with Gasteiger partial charge < -0.3 is 9.84 Å². The number of phenolic OH excluding ortho intramolecular Hbond substituents is 1. The zero-order valence-electron chi connectivity index (χ0n) is 7.57. The summed E-state index contributed by atoms with van der Waals surface area (Å²) in [6.45, 7) is 1.72. The molecule has 0 aromatic heterocycles. The number of aromatic hydroxyl groups is 1. The molecular weight excluding hydrogens is 164 g/mol. The molecule has 0 bridgehead atoms. The van der Waals surface area contributed by atoms with Crippen LogP contribution in [0.4, 0.5) is 0 Å². The first kappa shape index (κ1) is 8.57. The fourth-order valence-corrected chi connectivity index (χ4v) is 1.75. The van der Waals surface area contributed by atoms with Crippen molar-refractivity contribution >= 4 is 0 Å². The second-order valence-electron chi connectivity index (χ2n) is 3.51. The van der Waals surface area contributed by atoms with Gasteiger partial charge in [0.05, 0.1) is 6.61 Å². The first-order valence-corrected chi connectivity index (χ1v) is 4.73. The third kappa shape index (κ3) is 2.01. The van der Waals surface area contributed by atoms with Crippen molar-refractivity contribution in [1.29, 1.82) is 0 Å². The van der Waals surface area contributed by atoms with Gasteiger partial charge in [-0.2, -0.15) is 0 Å². The molecule has 1 heterocycles. The lowest BCUT2D eigenvalue weighted by atomic mass is 9.94. The van der Waals surface area contributed by atoms with Crippen LogP contribution in [0.25, 0.3) is 0 Å². The van der Waals surface area contributed by atoms with E-state index in [2.05, 4.69) is 0 Å². The molecule has 2 rings (SSSR count). The Kier molecular flexibility index (Phi) is 2.50. The van der Waals surface area contributed by atoms with Gasteiger partial charge in [0, 0.05) is 12.5 Å². The fourth-order valence-electron chi connectivity index (χ4n) is 1.75. The van der Waals surface area contributed by atoms with Crippen molar-refractivity contribution in [3.8, 4) is 5.75 Å². The lowest BCUT2D eigenvalue weighted by molar-refractivity contribution is 0.0804. The van der Waals surface area contributed by atoms with E-state index in [0.29, 0.717) is 11.7 Å². The van der Waals surface area contributed by atoms with Crippen molar-refractivity contribution in [2.24, 2.45) is 0 Å². The van der Waals surface area contributed by atoms with E-state index in [4.69, 9.17) is 9.84 Å². The molecule has 2 nitrogen and oxygen atoms in total. The summed E-state index contributed by atoms with van der Waals surface area (Å²) in [7, 11) is 0. The van der Waals surface area contributed by atoms with E-state index in [0.717, 1.165) is 19.6 Å². The van der Waals surface area contributed by atoms with E-state index in [1.807, 2.05) is 12.1 Å². The SMILES string of the molecule is Oc1ccc(C2CCCOC2)cc1. The Bertz CT molecular complexity index is 260. The Morgan fingerprint density at radius 3 is 2.62 bits per heavy atom. The second-order valence-corrected chi connectivity index (χ2v) is 3.51. The largest absolute Gasteiger partial charge is 0.508 e. The molecule has 1 atom stereocenters. The first-order valence-electron chi connectivity index (χ1n) is 4.73. The molecule has 1 unspecified atom stereocenters. The van der Waals surface area contributed by atoms with Crippen LogP contribution in [0, 0.1) is 0 Å². The highest BCUT2D eigenvalue weighted by Crippen LogP contribution is 2.26. The van der Waals surface area contributed by atoms with Crippen LogP contribution in [0.5, 0.6) is 5.75 Å². The van der Waals surface area contributed by atoms with Crippen LogP contribution in [0.3, 0.4) is 0 Å². The number of hydrogen-bond acceptors (Lipinski definition) is 2. The van der Waals surface area contributed by atoms with Crippen LogP contribution >= 0.6 is 0 Å². The van der Waals surface area contributed by atoms with Crippen LogP contribution < -0.4 is 0 Å². The third-order valence-corrected chi connectivity index (χ3v) is 2.52. The number of phenols is 1. The third-order valence-electron chi connectivity index (χ3n) is 2.52. The van der Waals surface area contributed by atoms with Gasteiger partial charge >= 0.3 is 0 Å². The van der Waals surface area contributed by atoms with Crippen molar-refractivity contribution in [1.82, 2.24) is 0 Å². The summed E-state index contributed by atoms with van der Waals surface area (Å²) in [6.07, 6.45) is 2.34. The average Bonchev–Trinajstić information content (AvgIpc) is 2.20. The van der Waals surface area contributed by atoms with Crippen LogP contribution in [0.2, 0.25) is 0 Å². The number of hydrogen-bond donors (Lipinski definition) is 1. The number of ether oxygens (including phenoxy) is 1. The second kappa shape index (κ2) is 3.79. The van der Waals surface area contributed by atoms with Crippen molar-refractivity contribution in [3.05, 3.63) is 29.8 Å². The standard InChI is InChI=1S/C11H14O2/c12-11-5-3-9(4-6-11)10-2-1-7-13-8-10/h3-6,10,12H,1-2,7-8H2. The van der Waals surface area contributed by atoms with Crippen LogP contribution in [0.15, 0.2) is 24.3 Å². The summed E-state index contributed by atoms with van der Waals surface area (Å²) in [6, 6.07) is 7.44. The molecule has 1 N–H and O–H groups in total. The molecule has 13 heavy (non-hydrogen) atoms. The van der Waals surface area contributed by atoms with Gasteiger partial charge in [-0.3, -0.25) is 0 Å². The zero-order valence-corrected chi connectivity index (χ0v) is 7.57. The van der Waals surface area contributed by atoms with Crippen molar-refractivity contribution < 1.29 is 9.84 Å². The van der Waals surface area contributed by atoms with Gasteiger partial charge in [-0.05, 0) is 30.5 Å². The molecule has 0 aliphatic carbocycles. The predicted octanol–water partition coefficient (Wildman–Crippen LogP) is 2.29. The van der Waals surface area contributed by atoms with Crippen molar-refractivity contribution in [2.45, 2.75) is 18.8 Å². The van der Waals surface area contributed by atoms with Gasteiger partial charge in [0.25, 0.3) is 0 Å².